The molecule has 0 aliphatic heterocycles. The molecule has 1 atom stereocenters. The molecule has 0 fully saturated rings. The van der Waals surface area contributed by atoms with E-state index in [2.05, 4.69) is 4.74 Å². The Morgan fingerprint density at radius 2 is 2.11 bits per heavy atom. The highest BCUT2D eigenvalue weighted by molar-refractivity contribution is 5.79. The molecule has 0 saturated carbocycles. The smallest absolute Gasteiger partial charge is 0.325 e. The Kier molecular flexibility index (Phi) is 4.82. The van der Waals surface area contributed by atoms with E-state index in [4.69, 9.17) is 10.5 Å². The second kappa shape index (κ2) is 6.14. The number of esters is 1. The number of rotatable bonds is 6. The summed E-state index contributed by atoms with van der Waals surface area (Å²) in [5.41, 5.74) is 4.44. The van der Waals surface area contributed by atoms with Crippen molar-refractivity contribution in [1.82, 2.24) is 0 Å². The summed E-state index contributed by atoms with van der Waals surface area (Å²) in [5, 5.41) is 10.8. The monoisotopic (exact) mass is 268 g/mol. The Morgan fingerprint density at radius 1 is 1.47 bits per heavy atom. The third kappa shape index (κ3) is 3.92. The van der Waals surface area contributed by atoms with E-state index in [9.17, 15) is 14.9 Å². The van der Waals surface area contributed by atoms with Crippen LogP contribution in [0.3, 0.4) is 0 Å². The molecule has 0 spiro atoms. The van der Waals surface area contributed by atoms with Gasteiger partial charge in [-0.2, -0.15) is 0 Å². The highest BCUT2D eigenvalue weighted by Gasteiger charge is 2.29. The molecule has 1 aromatic carbocycles. The molecule has 0 amide bonds. The van der Waals surface area contributed by atoms with Gasteiger partial charge >= 0.3 is 11.7 Å². The summed E-state index contributed by atoms with van der Waals surface area (Å²) in [5.74, 6) is -0.410. The molecule has 19 heavy (non-hydrogen) atoms. The SMILES string of the molecule is COC(=O)C(C)(N)CCOc1ccccc1[N+](=O)[O-]. The van der Waals surface area contributed by atoms with Crippen molar-refractivity contribution in [2.24, 2.45) is 5.73 Å². The van der Waals surface area contributed by atoms with Crippen LogP contribution in [0, 0.1) is 10.1 Å². The summed E-state index contributed by atoms with van der Waals surface area (Å²) in [6, 6.07) is 6.01. The molecule has 1 rings (SSSR count). The van der Waals surface area contributed by atoms with Gasteiger partial charge in [0, 0.05) is 12.5 Å². The fourth-order valence-electron chi connectivity index (χ4n) is 1.44. The van der Waals surface area contributed by atoms with Crippen LogP contribution >= 0.6 is 0 Å². The van der Waals surface area contributed by atoms with Crippen LogP contribution < -0.4 is 10.5 Å². The summed E-state index contributed by atoms with van der Waals surface area (Å²) >= 11 is 0. The lowest BCUT2D eigenvalue weighted by Gasteiger charge is -2.21. The summed E-state index contributed by atoms with van der Waals surface area (Å²) in [6.45, 7) is 1.59. The number of nitro benzene ring substituents is 1. The lowest BCUT2D eigenvalue weighted by Crippen LogP contribution is -2.46. The Balaban J connectivity index is 2.64. The molecule has 0 radical (unpaired) electrons. The van der Waals surface area contributed by atoms with Crippen LogP contribution in [0.4, 0.5) is 5.69 Å². The first-order chi connectivity index (χ1) is 8.88. The van der Waals surface area contributed by atoms with E-state index < -0.39 is 16.4 Å². The highest BCUT2D eigenvalue weighted by Crippen LogP contribution is 2.26. The topological polar surface area (TPSA) is 105 Å². The molecule has 0 aliphatic rings. The van der Waals surface area contributed by atoms with Gasteiger partial charge in [-0.3, -0.25) is 14.9 Å². The van der Waals surface area contributed by atoms with Crippen LogP contribution in [0.1, 0.15) is 13.3 Å². The molecule has 0 heterocycles. The molecular weight excluding hydrogens is 252 g/mol. The molecule has 0 saturated heterocycles. The standard InChI is InChI=1S/C12H16N2O5/c1-12(13,11(15)18-2)7-8-19-10-6-4-3-5-9(10)14(16)17/h3-6H,7-8,13H2,1-2H3. The van der Waals surface area contributed by atoms with Crippen LogP contribution in [0.25, 0.3) is 0 Å². The number of nitro groups is 1. The van der Waals surface area contributed by atoms with Crippen LogP contribution in [-0.4, -0.2) is 30.1 Å². The minimum atomic E-state index is -1.18. The first-order valence-corrected chi connectivity index (χ1v) is 5.62. The average molecular weight is 268 g/mol. The van der Waals surface area contributed by atoms with Crippen LogP contribution in [0.5, 0.6) is 5.75 Å². The zero-order chi connectivity index (χ0) is 14.5. The molecule has 7 heteroatoms. The number of carbonyl (C=O) groups excluding carboxylic acids is 1. The van der Waals surface area contributed by atoms with Gasteiger partial charge in [0.25, 0.3) is 0 Å². The number of nitrogens with zero attached hydrogens (tertiary/aromatic N) is 1. The van der Waals surface area contributed by atoms with Gasteiger partial charge in [-0.15, -0.1) is 0 Å². The maximum absolute atomic E-state index is 11.3. The number of carbonyl (C=O) groups is 1. The summed E-state index contributed by atoms with van der Waals surface area (Å²) in [4.78, 5) is 21.6. The van der Waals surface area contributed by atoms with Gasteiger partial charge in [-0.25, -0.2) is 0 Å². The summed E-state index contributed by atoms with van der Waals surface area (Å²) in [7, 11) is 1.25. The minimum absolute atomic E-state index is 0.0763. The summed E-state index contributed by atoms with van der Waals surface area (Å²) in [6.07, 6.45) is 0.186. The first-order valence-electron chi connectivity index (χ1n) is 5.62. The zero-order valence-corrected chi connectivity index (χ0v) is 10.8. The van der Waals surface area contributed by atoms with Crippen molar-refractivity contribution in [3.8, 4) is 5.75 Å². The Morgan fingerprint density at radius 3 is 2.68 bits per heavy atom. The van der Waals surface area contributed by atoms with Crippen molar-refractivity contribution in [3.63, 3.8) is 0 Å². The lowest BCUT2D eigenvalue weighted by atomic mass is 10.0. The number of benzene rings is 1. The molecule has 104 valence electrons. The second-order valence-corrected chi connectivity index (χ2v) is 4.23. The van der Waals surface area contributed by atoms with E-state index in [1.807, 2.05) is 0 Å². The molecular formula is C12H16N2O5. The van der Waals surface area contributed by atoms with Crippen molar-refractivity contribution < 1.29 is 19.2 Å². The number of para-hydroxylation sites is 2. The van der Waals surface area contributed by atoms with Crippen LogP contribution in [-0.2, 0) is 9.53 Å². The third-order valence-electron chi connectivity index (χ3n) is 2.59. The van der Waals surface area contributed by atoms with Crippen molar-refractivity contribution in [2.75, 3.05) is 13.7 Å². The van der Waals surface area contributed by atoms with E-state index in [0.717, 1.165) is 0 Å². The largest absolute Gasteiger partial charge is 0.487 e. The second-order valence-electron chi connectivity index (χ2n) is 4.23. The first kappa shape index (κ1) is 14.9. The quantitative estimate of drug-likeness (QED) is 0.473. The molecule has 0 aromatic heterocycles. The Labute approximate surface area is 110 Å². The van der Waals surface area contributed by atoms with Gasteiger partial charge in [0.15, 0.2) is 5.75 Å². The fraction of sp³-hybridized carbons (Fsp3) is 0.417. The van der Waals surface area contributed by atoms with Crippen LogP contribution in [0.2, 0.25) is 0 Å². The van der Waals surface area contributed by atoms with E-state index in [-0.39, 0.29) is 24.5 Å². The predicted molar refractivity (Wildman–Crippen MR) is 67.8 cm³/mol. The van der Waals surface area contributed by atoms with Gasteiger partial charge in [0.1, 0.15) is 5.54 Å². The van der Waals surface area contributed by atoms with Crippen molar-refractivity contribution in [3.05, 3.63) is 34.4 Å². The minimum Gasteiger partial charge on any atom is -0.487 e. The molecule has 1 unspecified atom stereocenters. The lowest BCUT2D eigenvalue weighted by molar-refractivity contribution is -0.385. The maximum Gasteiger partial charge on any atom is 0.325 e. The number of ether oxygens (including phenoxy) is 2. The molecule has 7 nitrogen and oxygen atoms in total. The fourth-order valence-corrected chi connectivity index (χ4v) is 1.44. The summed E-state index contributed by atoms with van der Waals surface area (Å²) < 4.78 is 9.85. The molecule has 2 N–H and O–H groups in total. The predicted octanol–water partition coefficient (Wildman–Crippen LogP) is 1.25. The molecule has 1 aromatic rings. The highest BCUT2D eigenvalue weighted by atomic mass is 16.6. The van der Waals surface area contributed by atoms with E-state index in [0.29, 0.717) is 0 Å². The number of hydrogen-bond donors (Lipinski definition) is 1. The van der Waals surface area contributed by atoms with E-state index >= 15 is 0 Å². The van der Waals surface area contributed by atoms with Gasteiger partial charge in [-0.05, 0) is 13.0 Å². The number of methoxy groups -OCH3 is 1. The van der Waals surface area contributed by atoms with Crippen LogP contribution in [0.15, 0.2) is 24.3 Å². The maximum atomic E-state index is 11.3. The van der Waals surface area contributed by atoms with Crippen molar-refractivity contribution >= 4 is 11.7 Å². The Hall–Kier alpha value is -2.15. The van der Waals surface area contributed by atoms with E-state index in [1.54, 1.807) is 12.1 Å². The van der Waals surface area contributed by atoms with Gasteiger partial charge in [-0.1, -0.05) is 12.1 Å². The van der Waals surface area contributed by atoms with E-state index in [1.165, 1.54) is 26.2 Å². The van der Waals surface area contributed by atoms with Gasteiger partial charge in [0.05, 0.1) is 18.6 Å². The van der Waals surface area contributed by atoms with Gasteiger partial charge in [0.2, 0.25) is 0 Å². The number of nitrogens with two attached hydrogens (primary N) is 1. The van der Waals surface area contributed by atoms with Gasteiger partial charge < -0.3 is 15.2 Å². The Bertz CT molecular complexity index is 473. The molecule has 0 bridgehead atoms. The normalized spacial score (nSPS) is 13.4. The average Bonchev–Trinajstić information content (AvgIpc) is 2.37. The number of hydrogen-bond acceptors (Lipinski definition) is 6. The molecule has 0 aliphatic carbocycles. The zero-order valence-electron chi connectivity index (χ0n) is 10.8. The third-order valence-corrected chi connectivity index (χ3v) is 2.59. The van der Waals surface area contributed by atoms with Crippen molar-refractivity contribution in [1.29, 1.82) is 0 Å². The van der Waals surface area contributed by atoms with Crippen molar-refractivity contribution in [2.45, 2.75) is 18.9 Å².